The van der Waals surface area contributed by atoms with Crippen molar-refractivity contribution in [2.75, 3.05) is 26.4 Å². The lowest BCUT2D eigenvalue weighted by Crippen LogP contribution is -2.35. The third-order valence-electron chi connectivity index (χ3n) is 9.71. The number of unbranched alkanes of at least 4 members (excludes halogenated alkanes) is 18. The molecule has 0 bridgehead atoms. The Morgan fingerprint density at radius 2 is 0.667 bits per heavy atom. The zero-order chi connectivity index (χ0) is 30.8. The SMILES string of the molecule is CCCCCCCCCCCCC(CO)(CO)Cc1ccccc1CC(CO)(CO)CCCCCCCCCCCC. The van der Waals surface area contributed by atoms with E-state index in [1.54, 1.807) is 0 Å². The van der Waals surface area contributed by atoms with Crippen molar-refractivity contribution in [2.24, 2.45) is 10.8 Å². The molecule has 42 heavy (non-hydrogen) atoms. The van der Waals surface area contributed by atoms with Crippen LogP contribution in [0, 0.1) is 10.8 Å². The third-order valence-corrected chi connectivity index (χ3v) is 9.71. The maximum Gasteiger partial charge on any atom is 0.0512 e. The molecule has 246 valence electrons. The summed E-state index contributed by atoms with van der Waals surface area (Å²) in [5.41, 5.74) is 1.19. The molecule has 0 aliphatic heterocycles. The number of aliphatic hydroxyl groups excluding tert-OH is 4. The molecule has 0 aromatic heterocycles. The fourth-order valence-electron chi connectivity index (χ4n) is 6.50. The van der Waals surface area contributed by atoms with Gasteiger partial charge in [0.2, 0.25) is 0 Å². The topological polar surface area (TPSA) is 80.9 Å². The van der Waals surface area contributed by atoms with Crippen LogP contribution in [0.4, 0.5) is 0 Å². The smallest absolute Gasteiger partial charge is 0.0512 e. The van der Waals surface area contributed by atoms with Crippen LogP contribution in [-0.4, -0.2) is 46.9 Å². The predicted octanol–water partition coefficient (Wildman–Crippen LogP) is 9.34. The highest BCUT2D eigenvalue weighted by molar-refractivity contribution is 5.29. The van der Waals surface area contributed by atoms with Gasteiger partial charge in [0.1, 0.15) is 0 Å². The molecule has 0 unspecified atom stereocenters. The highest BCUT2D eigenvalue weighted by Gasteiger charge is 2.33. The van der Waals surface area contributed by atoms with E-state index in [2.05, 4.69) is 26.0 Å². The molecule has 0 spiro atoms. The molecule has 4 N–H and O–H groups in total. The monoisotopic (exact) mass is 591 g/mol. The van der Waals surface area contributed by atoms with Crippen LogP contribution < -0.4 is 0 Å². The van der Waals surface area contributed by atoms with Gasteiger partial charge in [-0.15, -0.1) is 0 Å². The van der Waals surface area contributed by atoms with Crippen molar-refractivity contribution >= 4 is 0 Å². The molecule has 0 saturated carbocycles. The number of aliphatic hydroxyl groups is 4. The minimum atomic E-state index is -0.534. The average molecular weight is 591 g/mol. The van der Waals surface area contributed by atoms with E-state index in [0.717, 1.165) is 49.7 Å². The molecule has 0 aliphatic carbocycles. The molecule has 4 nitrogen and oxygen atoms in total. The van der Waals surface area contributed by atoms with Gasteiger partial charge in [-0.1, -0.05) is 167 Å². The molecule has 1 rings (SSSR count). The second-order valence-corrected chi connectivity index (χ2v) is 13.6. The fraction of sp³-hybridized carbons (Fsp3) is 0.842. The molecule has 0 amide bonds. The largest absolute Gasteiger partial charge is 0.396 e. The molecule has 1 aromatic rings. The van der Waals surface area contributed by atoms with Crippen LogP contribution in [0.1, 0.15) is 166 Å². The van der Waals surface area contributed by atoms with Crippen LogP contribution in [0.15, 0.2) is 24.3 Å². The van der Waals surface area contributed by atoms with Gasteiger partial charge < -0.3 is 20.4 Å². The zero-order valence-corrected chi connectivity index (χ0v) is 27.9. The van der Waals surface area contributed by atoms with Crippen LogP contribution in [0.5, 0.6) is 0 Å². The van der Waals surface area contributed by atoms with E-state index in [9.17, 15) is 20.4 Å². The first kappa shape index (κ1) is 39.1. The van der Waals surface area contributed by atoms with Crippen molar-refractivity contribution in [3.8, 4) is 0 Å². The standard InChI is InChI=1S/C38H70O4/c1-3-5-7-9-11-13-15-17-19-23-27-37(31-39,32-40)29-35-25-21-22-26-36(35)30-38(33-41,34-42)28-24-20-18-16-14-12-10-8-6-4-2/h21-22,25-26,39-42H,3-20,23-24,27-34H2,1-2H3. The Hall–Kier alpha value is -0.940. The van der Waals surface area contributed by atoms with E-state index in [1.807, 2.05) is 12.1 Å². The number of rotatable bonds is 30. The van der Waals surface area contributed by atoms with Crippen LogP contribution in [0.2, 0.25) is 0 Å². The van der Waals surface area contributed by atoms with E-state index >= 15 is 0 Å². The minimum Gasteiger partial charge on any atom is -0.396 e. The van der Waals surface area contributed by atoms with Gasteiger partial charge >= 0.3 is 0 Å². The molecule has 4 heteroatoms. The summed E-state index contributed by atoms with van der Waals surface area (Å²) in [7, 11) is 0. The van der Waals surface area contributed by atoms with Crippen molar-refractivity contribution in [1.82, 2.24) is 0 Å². The fourth-order valence-corrected chi connectivity index (χ4v) is 6.50. The molecule has 0 fully saturated rings. The highest BCUT2D eigenvalue weighted by atomic mass is 16.3. The molecule has 0 saturated heterocycles. The minimum absolute atomic E-state index is 0.0288. The summed E-state index contributed by atoms with van der Waals surface area (Å²) >= 11 is 0. The van der Waals surface area contributed by atoms with Crippen LogP contribution in [0.25, 0.3) is 0 Å². The second-order valence-electron chi connectivity index (χ2n) is 13.6. The van der Waals surface area contributed by atoms with Crippen molar-refractivity contribution < 1.29 is 20.4 Å². The quantitative estimate of drug-likeness (QED) is 0.0673. The maximum atomic E-state index is 10.4. The van der Waals surface area contributed by atoms with Crippen LogP contribution >= 0.6 is 0 Å². The molecule has 0 heterocycles. The average Bonchev–Trinajstić information content (AvgIpc) is 3.02. The zero-order valence-electron chi connectivity index (χ0n) is 27.9. The summed E-state index contributed by atoms with van der Waals surface area (Å²) in [6.45, 7) is 4.40. The summed E-state index contributed by atoms with van der Waals surface area (Å²) < 4.78 is 0. The number of benzene rings is 1. The van der Waals surface area contributed by atoms with Crippen molar-refractivity contribution in [3.05, 3.63) is 35.4 Å². The molecular formula is C38H70O4. The summed E-state index contributed by atoms with van der Waals surface area (Å²) in [6, 6.07) is 8.27. The predicted molar refractivity (Wildman–Crippen MR) is 180 cm³/mol. The summed E-state index contributed by atoms with van der Waals surface area (Å²) in [6.07, 6.45) is 28.3. The summed E-state index contributed by atoms with van der Waals surface area (Å²) in [4.78, 5) is 0. The lowest BCUT2D eigenvalue weighted by atomic mass is 9.74. The van der Waals surface area contributed by atoms with E-state index in [4.69, 9.17) is 0 Å². The normalized spacial score (nSPS) is 12.3. The Bertz CT molecular complexity index is 665. The highest BCUT2D eigenvalue weighted by Crippen LogP contribution is 2.35. The van der Waals surface area contributed by atoms with Gasteiger partial charge in [0.15, 0.2) is 0 Å². The first-order chi connectivity index (χ1) is 20.5. The second kappa shape index (κ2) is 25.4. The lowest BCUT2D eigenvalue weighted by Gasteiger charge is -2.34. The lowest BCUT2D eigenvalue weighted by molar-refractivity contribution is 0.0403. The Kier molecular flexibility index (Phi) is 23.6. The van der Waals surface area contributed by atoms with E-state index in [-0.39, 0.29) is 26.4 Å². The maximum absolute atomic E-state index is 10.4. The molecular weight excluding hydrogens is 520 g/mol. The Labute approximate surface area is 260 Å². The third kappa shape index (κ3) is 16.8. The molecule has 0 atom stereocenters. The Morgan fingerprint density at radius 3 is 0.929 bits per heavy atom. The Balaban J connectivity index is 2.59. The van der Waals surface area contributed by atoms with Crippen molar-refractivity contribution in [1.29, 1.82) is 0 Å². The first-order valence-corrected chi connectivity index (χ1v) is 18.0. The van der Waals surface area contributed by atoms with Crippen LogP contribution in [-0.2, 0) is 12.8 Å². The van der Waals surface area contributed by atoms with Gasteiger partial charge in [-0.25, -0.2) is 0 Å². The summed E-state index contributed by atoms with van der Waals surface area (Å²) in [5.74, 6) is 0. The number of hydrogen-bond acceptors (Lipinski definition) is 4. The van der Waals surface area contributed by atoms with E-state index in [0.29, 0.717) is 12.8 Å². The van der Waals surface area contributed by atoms with Gasteiger partial charge in [0.25, 0.3) is 0 Å². The van der Waals surface area contributed by atoms with Crippen molar-refractivity contribution in [3.63, 3.8) is 0 Å². The summed E-state index contributed by atoms with van der Waals surface area (Å²) in [5, 5.41) is 41.7. The van der Waals surface area contributed by atoms with E-state index < -0.39 is 10.8 Å². The van der Waals surface area contributed by atoms with Gasteiger partial charge in [-0.3, -0.25) is 0 Å². The van der Waals surface area contributed by atoms with Gasteiger partial charge in [0, 0.05) is 10.8 Å². The number of hydrogen-bond donors (Lipinski definition) is 4. The molecule has 0 radical (unpaired) electrons. The van der Waals surface area contributed by atoms with Crippen molar-refractivity contribution in [2.45, 2.75) is 168 Å². The van der Waals surface area contributed by atoms with Gasteiger partial charge in [-0.05, 0) is 36.8 Å². The van der Waals surface area contributed by atoms with Gasteiger partial charge in [-0.2, -0.15) is 0 Å². The Morgan fingerprint density at radius 1 is 0.405 bits per heavy atom. The van der Waals surface area contributed by atoms with Gasteiger partial charge in [0.05, 0.1) is 26.4 Å². The molecule has 0 aliphatic rings. The molecule has 1 aromatic carbocycles. The van der Waals surface area contributed by atoms with E-state index in [1.165, 1.54) is 103 Å². The first-order valence-electron chi connectivity index (χ1n) is 18.0. The van der Waals surface area contributed by atoms with Crippen LogP contribution in [0.3, 0.4) is 0 Å².